The number of halogens is 4. The van der Waals surface area contributed by atoms with E-state index in [0.717, 1.165) is 19.3 Å². The molecule has 1 aromatic heterocycles. The Kier molecular flexibility index (Phi) is 5.10. The second-order valence-electron chi connectivity index (χ2n) is 5.87. The van der Waals surface area contributed by atoms with Crippen molar-refractivity contribution < 1.29 is 22.4 Å². The van der Waals surface area contributed by atoms with Crippen LogP contribution >= 0.6 is 12.4 Å². The first-order valence-electron chi connectivity index (χ1n) is 7.36. The van der Waals surface area contributed by atoms with Crippen LogP contribution in [0.3, 0.4) is 0 Å². The van der Waals surface area contributed by atoms with Gasteiger partial charge in [-0.25, -0.2) is 4.98 Å². The van der Waals surface area contributed by atoms with Crippen molar-refractivity contribution in [1.29, 1.82) is 0 Å². The maximum atomic E-state index is 12.6. The number of hydrogen-bond donors (Lipinski definition) is 2. The van der Waals surface area contributed by atoms with Crippen molar-refractivity contribution in [3.8, 4) is 0 Å². The van der Waals surface area contributed by atoms with Crippen molar-refractivity contribution >= 4 is 35.1 Å². The van der Waals surface area contributed by atoms with Crippen molar-refractivity contribution in [3.63, 3.8) is 0 Å². The van der Waals surface area contributed by atoms with Crippen LogP contribution < -0.4 is 11.1 Å². The van der Waals surface area contributed by atoms with E-state index in [2.05, 4.69) is 14.7 Å². The van der Waals surface area contributed by atoms with Crippen LogP contribution in [0.1, 0.15) is 38.0 Å². The third kappa shape index (κ3) is 3.64. The molecule has 1 saturated carbocycles. The van der Waals surface area contributed by atoms with Crippen molar-refractivity contribution in [3.05, 3.63) is 24.1 Å². The Labute approximate surface area is 142 Å². The van der Waals surface area contributed by atoms with E-state index < -0.39 is 17.6 Å². The largest absolute Gasteiger partial charge is 0.468 e. The fourth-order valence-corrected chi connectivity index (χ4v) is 2.79. The van der Waals surface area contributed by atoms with Gasteiger partial charge in [-0.1, -0.05) is 19.3 Å². The molecule has 0 atom stereocenters. The quantitative estimate of drug-likeness (QED) is 0.848. The van der Waals surface area contributed by atoms with Crippen LogP contribution in [0.25, 0.3) is 11.1 Å². The van der Waals surface area contributed by atoms with E-state index in [0.29, 0.717) is 18.5 Å². The highest BCUT2D eigenvalue weighted by atomic mass is 35.5. The first-order valence-corrected chi connectivity index (χ1v) is 7.36. The van der Waals surface area contributed by atoms with Gasteiger partial charge in [0.05, 0.1) is 5.54 Å². The van der Waals surface area contributed by atoms with Gasteiger partial charge in [0.25, 0.3) is 0 Å². The van der Waals surface area contributed by atoms with Crippen LogP contribution in [0.15, 0.2) is 22.6 Å². The van der Waals surface area contributed by atoms with Crippen LogP contribution in [0.4, 0.5) is 18.9 Å². The van der Waals surface area contributed by atoms with E-state index in [4.69, 9.17) is 5.73 Å². The lowest BCUT2D eigenvalue weighted by molar-refractivity contribution is -0.156. The molecule has 0 radical (unpaired) electrons. The Morgan fingerprint density at radius 2 is 1.92 bits per heavy atom. The van der Waals surface area contributed by atoms with Crippen LogP contribution in [0.5, 0.6) is 0 Å². The molecule has 1 fully saturated rings. The van der Waals surface area contributed by atoms with Crippen molar-refractivity contribution in [1.82, 2.24) is 4.98 Å². The average Bonchev–Trinajstić information content (AvgIpc) is 2.91. The third-order valence-corrected chi connectivity index (χ3v) is 4.09. The summed E-state index contributed by atoms with van der Waals surface area (Å²) >= 11 is 0. The lowest BCUT2D eigenvalue weighted by atomic mass is 9.82. The Hall–Kier alpha value is -1.80. The number of nitrogens with one attached hydrogen (secondary N) is 1. The normalized spacial score (nSPS) is 17.3. The minimum absolute atomic E-state index is 0. The lowest BCUT2D eigenvalue weighted by Gasteiger charge is -2.31. The number of aromatic nitrogens is 1. The van der Waals surface area contributed by atoms with E-state index in [1.807, 2.05) is 0 Å². The number of nitrogens with zero attached hydrogens (tertiary/aromatic N) is 1. The Morgan fingerprint density at radius 3 is 2.54 bits per heavy atom. The molecule has 132 valence electrons. The summed E-state index contributed by atoms with van der Waals surface area (Å²) < 4.78 is 42.4. The van der Waals surface area contributed by atoms with Gasteiger partial charge in [0.1, 0.15) is 5.52 Å². The lowest BCUT2D eigenvalue weighted by Crippen LogP contribution is -2.52. The smallest absolute Gasteiger partial charge is 0.433 e. The minimum Gasteiger partial charge on any atom is -0.433 e. The zero-order valence-electron chi connectivity index (χ0n) is 12.7. The molecule has 1 aliphatic carbocycles. The molecule has 5 nitrogen and oxygen atoms in total. The zero-order chi connectivity index (χ0) is 16.7. The number of anilines is 1. The summed E-state index contributed by atoms with van der Waals surface area (Å²) in [7, 11) is 0. The highest BCUT2D eigenvalue weighted by Gasteiger charge is 2.38. The summed E-state index contributed by atoms with van der Waals surface area (Å²) in [5.41, 5.74) is 5.60. The molecular weight excluding hydrogens is 347 g/mol. The molecule has 1 aromatic carbocycles. The van der Waals surface area contributed by atoms with Crippen LogP contribution in [0.2, 0.25) is 0 Å². The number of oxazole rings is 1. The summed E-state index contributed by atoms with van der Waals surface area (Å²) in [6.07, 6.45) is -0.613. The monoisotopic (exact) mass is 363 g/mol. The number of amides is 1. The average molecular weight is 364 g/mol. The van der Waals surface area contributed by atoms with Gasteiger partial charge in [-0.15, -0.1) is 12.4 Å². The number of carbonyl (C=O) groups excluding carboxylic acids is 1. The van der Waals surface area contributed by atoms with Gasteiger partial charge in [-0.2, -0.15) is 13.2 Å². The predicted molar refractivity (Wildman–Crippen MR) is 84.9 cm³/mol. The van der Waals surface area contributed by atoms with Crippen molar-refractivity contribution in [2.24, 2.45) is 5.73 Å². The molecule has 2 aromatic rings. The topological polar surface area (TPSA) is 81.2 Å². The SMILES string of the molecule is Cl.NC1(C(=O)Nc2ccc3oc(C(F)(F)F)nc3c2)CCCCC1. The highest BCUT2D eigenvalue weighted by Crippen LogP contribution is 2.32. The summed E-state index contributed by atoms with van der Waals surface area (Å²) in [6.45, 7) is 0. The maximum Gasteiger partial charge on any atom is 0.468 e. The van der Waals surface area contributed by atoms with Gasteiger partial charge >= 0.3 is 12.1 Å². The van der Waals surface area contributed by atoms with Gasteiger partial charge in [-0.05, 0) is 31.0 Å². The summed E-state index contributed by atoms with van der Waals surface area (Å²) in [6, 6.07) is 4.16. The molecular formula is C15H17ClF3N3O2. The molecule has 0 spiro atoms. The molecule has 0 bridgehead atoms. The van der Waals surface area contributed by atoms with Crippen LogP contribution in [-0.2, 0) is 11.0 Å². The second-order valence-corrected chi connectivity index (χ2v) is 5.87. The number of alkyl halides is 3. The maximum absolute atomic E-state index is 12.6. The molecule has 0 saturated heterocycles. The molecule has 3 rings (SSSR count). The molecule has 3 N–H and O–H groups in total. The van der Waals surface area contributed by atoms with E-state index in [1.54, 1.807) is 0 Å². The first kappa shape index (κ1) is 18.5. The number of benzene rings is 1. The van der Waals surface area contributed by atoms with Crippen molar-refractivity contribution in [2.75, 3.05) is 5.32 Å². The highest BCUT2D eigenvalue weighted by molar-refractivity contribution is 5.99. The molecule has 1 heterocycles. The summed E-state index contributed by atoms with van der Waals surface area (Å²) in [4.78, 5) is 15.7. The summed E-state index contributed by atoms with van der Waals surface area (Å²) in [5.74, 6) is -1.63. The first-order chi connectivity index (χ1) is 10.8. The van der Waals surface area contributed by atoms with Gasteiger partial charge in [-0.3, -0.25) is 4.79 Å². The number of nitrogens with two attached hydrogens (primary N) is 1. The van der Waals surface area contributed by atoms with E-state index in [-0.39, 0.29) is 29.4 Å². The van der Waals surface area contributed by atoms with Crippen LogP contribution in [0, 0.1) is 0 Å². The molecule has 24 heavy (non-hydrogen) atoms. The molecule has 9 heteroatoms. The van der Waals surface area contributed by atoms with E-state index in [1.165, 1.54) is 18.2 Å². The number of fused-ring (bicyclic) bond motifs is 1. The Morgan fingerprint density at radius 1 is 1.25 bits per heavy atom. The fraction of sp³-hybridized carbons (Fsp3) is 0.467. The standard InChI is InChI=1S/C15H16F3N3O2.ClH/c16-15(17,18)13-21-10-8-9(4-5-11(10)23-13)20-12(22)14(19)6-2-1-3-7-14;/h4-5,8H,1-3,6-7,19H2,(H,20,22);1H. The Bertz CT molecular complexity index is 739. The Balaban J connectivity index is 0.00000208. The van der Waals surface area contributed by atoms with E-state index in [9.17, 15) is 18.0 Å². The van der Waals surface area contributed by atoms with Gasteiger partial charge in [0.15, 0.2) is 5.58 Å². The van der Waals surface area contributed by atoms with E-state index >= 15 is 0 Å². The summed E-state index contributed by atoms with van der Waals surface area (Å²) in [5, 5.41) is 2.67. The minimum atomic E-state index is -4.65. The van der Waals surface area contributed by atoms with Crippen LogP contribution in [-0.4, -0.2) is 16.4 Å². The fourth-order valence-electron chi connectivity index (χ4n) is 2.79. The zero-order valence-corrected chi connectivity index (χ0v) is 13.5. The number of rotatable bonds is 2. The molecule has 0 unspecified atom stereocenters. The molecule has 0 aliphatic heterocycles. The number of hydrogen-bond acceptors (Lipinski definition) is 4. The van der Waals surface area contributed by atoms with Gasteiger partial charge in [0.2, 0.25) is 5.91 Å². The second kappa shape index (κ2) is 6.60. The predicted octanol–water partition coefficient (Wildman–Crippen LogP) is 3.87. The molecule has 1 aliphatic rings. The van der Waals surface area contributed by atoms with Gasteiger partial charge in [0, 0.05) is 5.69 Å². The van der Waals surface area contributed by atoms with Gasteiger partial charge < -0.3 is 15.5 Å². The molecule has 1 amide bonds. The third-order valence-electron chi connectivity index (χ3n) is 4.09. The van der Waals surface area contributed by atoms with Crippen molar-refractivity contribution in [2.45, 2.75) is 43.8 Å². The number of carbonyl (C=O) groups is 1.